The Bertz CT molecular complexity index is 1050. The number of rotatable bonds is 2. The van der Waals surface area contributed by atoms with Gasteiger partial charge in [-0.15, -0.1) is 0 Å². The van der Waals surface area contributed by atoms with Crippen LogP contribution in [0, 0.1) is 5.82 Å². The van der Waals surface area contributed by atoms with Crippen molar-refractivity contribution in [2.24, 2.45) is 0 Å². The van der Waals surface area contributed by atoms with E-state index in [1.165, 1.54) is 12.1 Å². The van der Waals surface area contributed by atoms with Crippen LogP contribution in [0.25, 0.3) is 10.8 Å². The van der Waals surface area contributed by atoms with Crippen LogP contribution in [0.4, 0.5) is 4.39 Å². The summed E-state index contributed by atoms with van der Waals surface area (Å²) >= 11 is 0. The highest BCUT2D eigenvalue weighted by Gasteiger charge is 2.24. The van der Waals surface area contributed by atoms with Gasteiger partial charge in [-0.05, 0) is 37.1 Å². The lowest BCUT2D eigenvalue weighted by molar-refractivity contribution is 0.0930. The number of nitrogens with zero attached hydrogens (tertiary/aromatic N) is 1. The minimum atomic E-state index is -0.431. The molecule has 1 aliphatic rings. The van der Waals surface area contributed by atoms with E-state index in [1.54, 1.807) is 30.3 Å². The molecule has 0 unspecified atom stereocenters. The van der Waals surface area contributed by atoms with Gasteiger partial charge in [-0.25, -0.2) is 9.49 Å². The van der Waals surface area contributed by atoms with Gasteiger partial charge in [0.05, 0.1) is 18.0 Å². The third kappa shape index (κ3) is 2.92. The number of nitrogens with one attached hydrogen (secondary N) is 2. The van der Waals surface area contributed by atoms with Crippen LogP contribution in [-0.2, 0) is 0 Å². The molecule has 26 heavy (non-hydrogen) atoms. The van der Waals surface area contributed by atoms with E-state index in [1.807, 2.05) is 0 Å². The summed E-state index contributed by atoms with van der Waals surface area (Å²) in [6, 6.07) is 10.7. The molecule has 6 nitrogen and oxygen atoms in total. The first-order chi connectivity index (χ1) is 12.6. The van der Waals surface area contributed by atoms with Gasteiger partial charge in [0, 0.05) is 10.9 Å². The van der Waals surface area contributed by atoms with Crippen molar-refractivity contribution in [1.82, 2.24) is 15.5 Å². The first kappa shape index (κ1) is 16.3. The Morgan fingerprint density at radius 2 is 2.04 bits per heavy atom. The zero-order chi connectivity index (χ0) is 18.1. The minimum absolute atomic E-state index is 0.128. The summed E-state index contributed by atoms with van der Waals surface area (Å²) in [5.74, 6) is -0.255. The fourth-order valence-corrected chi connectivity index (χ4v) is 3.21. The van der Waals surface area contributed by atoms with E-state index in [9.17, 15) is 14.0 Å². The molecule has 132 valence electrons. The van der Waals surface area contributed by atoms with Gasteiger partial charge in [0.1, 0.15) is 11.6 Å². The number of H-pyrrole nitrogens is 1. The van der Waals surface area contributed by atoms with Crippen molar-refractivity contribution in [3.05, 3.63) is 69.9 Å². The first-order valence-electron chi connectivity index (χ1n) is 8.34. The van der Waals surface area contributed by atoms with Crippen LogP contribution < -0.4 is 15.6 Å². The zero-order valence-electron chi connectivity index (χ0n) is 13.8. The van der Waals surface area contributed by atoms with Gasteiger partial charge in [0.25, 0.3) is 11.5 Å². The van der Waals surface area contributed by atoms with E-state index in [0.29, 0.717) is 35.1 Å². The molecular weight excluding hydrogens is 337 g/mol. The number of halogens is 1. The molecule has 2 aromatic carbocycles. The van der Waals surface area contributed by atoms with Crippen molar-refractivity contribution in [2.75, 3.05) is 6.61 Å². The van der Waals surface area contributed by atoms with E-state index >= 15 is 0 Å². The van der Waals surface area contributed by atoms with Gasteiger partial charge in [0.2, 0.25) is 0 Å². The molecule has 2 N–H and O–H groups in total. The fraction of sp³-hybridized carbons (Fsp3) is 0.211. The van der Waals surface area contributed by atoms with Crippen molar-refractivity contribution in [3.8, 4) is 5.75 Å². The Kier molecular flexibility index (Phi) is 4.12. The lowest BCUT2D eigenvalue weighted by Crippen LogP contribution is -2.30. The summed E-state index contributed by atoms with van der Waals surface area (Å²) in [4.78, 5) is 24.7. The van der Waals surface area contributed by atoms with Crippen LogP contribution in [-0.4, -0.2) is 22.7 Å². The number of hydrogen-bond donors (Lipinski definition) is 2. The van der Waals surface area contributed by atoms with Crippen molar-refractivity contribution in [3.63, 3.8) is 0 Å². The Balaban J connectivity index is 1.71. The maximum Gasteiger partial charge on any atom is 0.272 e. The number of amides is 1. The zero-order valence-corrected chi connectivity index (χ0v) is 13.8. The number of aromatic amines is 1. The molecule has 1 aliphatic heterocycles. The summed E-state index contributed by atoms with van der Waals surface area (Å²) in [7, 11) is 0. The molecule has 7 heteroatoms. The van der Waals surface area contributed by atoms with E-state index in [-0.39, 0.29) is 17.1 Å². The van der Waals surface area contributed by atoms with Crippen LogP contribution in [0.1, 0.15) is 34.9 Å². The average molecular weight is 353 g/mol. The molecule has 0 saturated heterocycles. The Hall–Kier alpha value is -3.22. The molecule has 2 heterocycles. The number of carbonyl (C=O) groups excluding carboxylic acids is 1. The average Bonchev–Trinajstić information content (AvgIpc) is 2.84. The number of ether oxygens (including phenoxy) is 1. The quantitative estimate of drug-likeness (QED) is 0.742. The van der Waals surface area contributed by atoms with Crippen LogP contribution in [0.5, 0.6) is 5.75 Å². The summed E-state index contributed by atoms with van der Waals surface area (Å²) in [5.41, 5.74) is 0.375. The molecule has 1 atom stereocenters. The van der Waals surface area contributed by atoms with Crippen LogP contribution in [0.3, 0.4) is 0 Å². The number of fused-ring (bicyclic) bond motifs is 2. The minimum Gasteiger partial charge on any atom is -0.493 e. The van der Waals surface area contributed by atoms with Gasteiger partial charge in [0.15, 0.2) is 5.69 Å². The molecule has 0 radical (unpaired) electrons. The fourth-order valence-electron chi connectivity index (χ4n) is 3.21. The van der Waals surface area contributed by atoms with Gasteiger partial charge in [-0.2, -0.15) is 5.10 Å². The van der Waals surface area contributed by atoms with Crippen molar-refractivity contribution in [2.45, 2.75) is 18.9 Å². The molecule has 0 spiro atoms. The second kappa shape index (κ2) is 6.59. The van der Waals surface area contributed by atoms with Crippen LogP contribution in [0.15, 0.2) is 47.3 Å². The van der Waals surface area contributed by atoms with Gasteiger partial charge >= 0.3 is 0 Å². The topological polar surface area (TPSA) is 84.1 Å². The lowest BCUT2D eigenvalue weighted by Gasteiger charge is -2.18. The first-order valence-corrected chi connectivity index (χ1v) is 8.34. The number of carbonyl (C=O) groups is 1. The van der Waals surface area contributed by atoms with Crippen molar-refractivity contribution >= 4 is 16.7 Å². The maximum atomic E-state index is 13.7. The van der Waals surface area contributed by atoms with E-state index in [4.69, 9.17) is 4.74 Å². The predicted molar refractivity (Wildman–Crippen MR) is 93.7 cm³/mol. The number of aromatic nitrogens is 2. The largest absolute Gasteiger partial charge is 0.493 e. The second-order valence-electron chi connectivity index (χ2n) is 6.15. The molecule has 0 bridgehead atoms. The van der Waals surface area contributed by atoms with Crippen molar-refractivity contribution in [1.29, 1.82) is 0 Å². The molecule has 0 aliphatic carbocycles. The van der Waals surface area contributed by atoms with E-state index in [0.717, 1.165) is 6.42 Å². The number of benzene rings is 2. The van der Waals surface area contributed by atoms with Gasteiger partial charge in [-0.1, -0.05) is 18.2 Å². The Morgan fingerprint density at radius 1 is 1.23 bits per heavy atom. The highest BCUT2D eigenvalue weighted by molar-refractivity contribution is 6.04. The molecule has 0 fully saturated rings. The summed E-state index contributed by atoms with van der Waals surface area (Å²) < 4.78 is 19.3. The normalized spacial score (nSPS) is 16.4. The highest BCUT2D eigenvalue weighted by atomic mass is 19.1. The third-order valence-corrected chi connectivity index (χ3v) is 4.46. The monoisotopic (exact) mass is 353 g/mol. The predicted octanol–water partition coefficient (Wildman–Crippen LogP) is 2.71. The van der Waals surface area contributed by atoms with E-state index in [2.05, 4.69) is 15.5 Å². The Morgan fingerprint density at radius 3 is 2.88 bits per heavy atom. The van der Waals surface area contributed by atoms with Gasteiger partial charge in [-0.3, -0.25) is 9.59 Å². The number of hydrogen-bond acceptors (Lipinski definition) is 4. The molecule has 1 amide bonds. The Labute approximate surface area is 148 Å². The summed E-state index contributed by atoms with van der Waals surface area (Å²) in [5, 5.41) is 10.0. The maximum absolute atomic E-state index is 13.7. The molecule has 3 aromatic rings. The molecule has 0 saturated carbocycles. The highest BCUT2D eigenvalue weighted by Crippen LogP contribution is 2.32. The molecule has 4 rings (SSSR count). The lowest BCUT2D eigenvalue weighted by atomic mass is 10.0. The van der Waals surface area contributed by atoms with Crippen LogP contribution in [0.2, 0.25) is 0 Å². The molecule has 1 aromatic heterocycles. The summed E-state index contributed by atoms with van der Waals surface area (Å²) in [6.07, 6.45) is 1.34. The third-order valence-electron chi connectivity index (χ3n) is 4.46. The van der Waals surface area contributed by atoms with E-state index < -0.39 is 11.9 Å². The second-order valence-corrected chi connectivity index (χ2v) is 6.15. The SMILES string of the molecule is O=C(N[C@@H]1CCCOc2ccc(F)cc21)c1n[nH]c(=O)c2ccccc12. The van der Waals surface area contributed by atoms with Gasteiger partial charge < -0.3 is 10.1 Å². The standard InChI is InChI=1S/C19H16FN3O3/c20-11-7-8-16-14(10-11)15(6-3-9-26-16)21-19(25)17-12-4-1-2-5-13(12)18(24)23-22-17/h1-2,4-5,7-8,10,15H,3,6,9H2,(H,21,25)(H,23,24)/t15-/m1/s1. The summed E-state index contributed by atoms with van der Waals surface area (Å²) in [6.45, 7) is 0.505. The van der Waals surface area contributed by atoms with Crippen LogP contribution >= 0.6 is 0 Å². The molecular formula is C19H16FN3O3. The smallest absolute Gasteiger partial charge is 0.272 e. The van der Waals surface area contributed by atoms with Crippen molar-refractivity contribution < 1.29 is 13.9 Å².